The number of nitrogens with zero attached hydrogens (tertiary/aromatic N) is 3. The first kappa shape index (κ1) is 12.1. The van der Waals surface area contributed by atoms with Gasteiger partial charge in [-0.25, -0.2) is 9.97 Å². The SMILES string of the molecule is CNc1ncnc(N)c1C(=N)c1ccc2cn[nH]c2c1. The van der Waals surface area contributed by atoms with Gasteiger partial charge in [0.05, 0.1) is 23.0 Å². The Morgan fingerprint density at radius 1 is 1.35 bits per heavy atom. The van der Waals surface area contributed by atoms with Gasteiger partial charge in [-0.1, -0.05) is 12.1 Å². The maximum atomic E-state index is 8.35. The van der Waals surface area contributed by atoms with Gasteiger partial charge in [-0.2, -0.15) is 5.10 Å². The van der Waals surface area contributed by atoms with Crippen LogP contribution < -0.4 is 11.1 Å². The van der Waals surface area contributed by atoms with E-state index in [1.165, 1.54) is 6.33 Å². The molecule has 20 heavy (non-hydrogen) atoms. The lowest BCUT2D eigenvalue weighted by atomic mass is 10.0. The summed E-state index contributed by atoms with van der Waals surface area (Å²) in [6, 6.07) is 5.62. The number of hydrogen-bond donors (Lipinski definition) is 4. The molecule has 0 bridgehead atoms. The van der Waals surface area contributed by atoms with Gasteiger partial charge in [0.2, 0.25) is 0 Å². The Bertz CT molecular complexity index is 790. The summed E-state index contributed by atoms with van der Waals surface area (Å²) in [7, 11) is 1.73. The van der Waals surface area contributed by atoms with E-state index < -0.39 is 0 Å². The summed E-state index contributed by atoms with van der Waals surface area (Å²) in [5, 5.41) is 19.1. The fraction of sp³-hybridized carbons (Fsp3) is 0.0769. The Labute approximate surface area is 114 Å². The van der Waals surface area contributed by atoms with E-state index in [4.69, 9.17) is 11.1 Å². The number of aromatic amines is 1. The third kappa shape index (κ3) is 1.85. The molecule has 0 saturated carbocycles. The molecule has 7 nitrogen and oxygen atoms in total. The molecule has 0 radical (unpaired) electrons. The number of fused-ring (bicyclic) bond motifs is 1. The van der Waals surface area contributed by atoms with Gasteiger partial charge in [-0.05, 0) is 6.07 Å². The Morgan fingerprint density at radius 3 is 3.00 bits per heavy atom. The standard InChI is InChI=1S/C13H13N7/c1-16-13-10(12(15)17-6-18-13)11(14)7-2-3-8-5-19-20-9(8)4-7/h2-6,14H,1H3,(H,19,20)(H3,15,16,17,18). The lowest BCUT2D eigenvalue weighted by Gasteiger charge is -2.11. The molecule has 3 rings (SSSR count). The quantitative estimate of drug-likeness (QED) is 0.535. The second-order valence-corrected chi connectivity index (χ2v) is 4.28. The highest BCUT2D eigenvalue weighted by Crippen LogP contribution is 2.22. The number of nitrogens with two attached hydrogens (primary N) is 1. The summed E-state index contributed by atoms with van der Waals surface area (Å²) in [6.45, 7) is 0. The highest BCUT2D eigenvalue weighted by molar-refractivity contribution is 6.17. The first-order chi connectivity index (χ1) is 9.70. The van der Waals surface area contributed by atoms with Crippen LogP contribution in [0.4, 0.5) is 11.6 Å². The highest BCUT2D eigenvalue weighted by atomic mass is 15.1. The third-order valence-electron chi connectivity index (χ3n) is 3.09. The van der Waals surface area contributed by atoms with E-state index in [-0.39, 0.29) is 11.5 Å². The molecule has 2 heterocycles. The summed E-state index contributed by atoms with van der Waals surface area (Å²) >= 11 is 0. The van der Waals surface area contributed by atoms with Crippen LogP contribution in [0.3, 0.4) is 0 Å². The summed E-state index contributed by atoms with van der Waals surface area (Å²) in [5.41, 5.74) is 8.23. The summed E-state index contributed by atoms with van der Waals surface area (Å²) < 4.78 is 0. The van der Waals surface area contributed by atoms with Crippen molar-refractivity contribution in [2.45, 2.75) is 0 Å². The minimum atomic E-state index is 0.268. The van der Waals surface area contributed by atoms with Crippen LogP contribution in [0.2, 0.25) is 0 Å². The van der Waals surface area contributed by atoms with Gasteiger partial charge < -0.3 is 11.1 Å². The smallest absolute Gasteiger partial charge is 0.140 e. The van der Waals surface area contributed by atoms with Crippen molar-refractivity contribution >= 4 is 28.3 Å². The number of nitrogen functional groups attached to an aromatic ring is 1. The molecule has 0 aliphatic carbocycles. The fourth-order valence-corrected chi connectivity index (χ4v) is 2.07. The summed E-state index contributed by atoms with van der Waals surface area (Å²) in [6.07, 6.45) is 3.11. The van der Waals surface area contributed by atoms with Crippen LogP contribution in [0, 0.1) is 5.41 Å². The van der Waals surface area contributed by atoms with Crippen molar-refractivity contribution in [2.24, 2.45) is 0 Å². The van der Waals surface area contributed by atoms with Gasteiger partial charge >= 0.3 is 0 Å². The minimum absolute atomic E-state index is 0.268. The van der Waals surface area contributed by atoms with Gasteiger partial charge in [0.1, 0.15) is 18.0 Å². The molecule has 0 fully saturated rings. The van der Waals surface area contributed by atoms with Gasteiger partial charge in [0, 0.05) is 18.0 Å². The number of H-pyrrole nitrogens is 1. The third-order valence-corrected chi connectivity index (χ3v) is 3.09. The Kier molecular flexibility index (Phi) is 2.79. The minimum Gasteiger partial charge on any atom is -0.383 e. The highest BCUT2D eigenvalue weighted by Gasteiger charge is 2.15. The predicted octanol–water partition coefficient (Wildman–Crippen LogP) is 1.39. The van der Waals surface area contributed by atoms with Crippen LogP contribution in [0.5, 0.6) is 0 Å². The lowest BCUT2D eigenvalue weighted by molar-refractivity contribution is 1.12. The van der Waals surface area contributed by atoms with E-state index in [9.17, 15) is 0 Å². The molecule has 100 valence electrons. The van der Waals surface area contributed by atoms with E-state index in [0.29, 0.717) is 11.4 Å². The van der Waals surface area contributed by atoms with Crippen LogP contribution in [-0.4, -0.2) is 32.9 Å². The molecule has 0 saturated heterocycles. The van der Waals surface area contributed by atoms with Gasteiger partial charge in [0.25, 0.3) is 0 Å². The zero-order valence-electron chi connectivity index (χ0n) is 10.8. The molecule has 1 aromatic carbocycles. The molecule has 0 amide bonds. The molecule has 2 aromatic heterocycles. The Balaban J connectivity index is 2.12. The van der Waals surface area contributed by atoms with Crippen molar-refractivity contribution < 1.29 is 0 Å². The van der Waals surface area contributed by atoms with E-state index in [2.05, 4.69) is 25.5 Å². The van der Waals surface area contributed by atoms with E-state index >= 15 is 0 Å². The maximum Gasteiger partial charge on any atom is 0.140 e. The monoisotopic (exact) mass is 267 g/mol. The molecule has 0 unspecified atom stereocenters. The molecule has 3 aromatic rings. The second-order valence-electron chi connectivity index (χ2n) is 4.28. The number of nitrogens with one attached hydrogen (secondary N) is 3. The molecular formula is C13H13N7. The van der Waals surface area contributed by atoms with E-state index in [1.54, 1.807) is 13.2 Å². The number of aromatic nitrogens is 4. The first-order valence-corrected chi connectivity index (χ1v) is 6.01. The average molecular weight is 267 g/mol. The second kappa shape index (κ2) is 4.61. The zero-order valence-corrected chi connectivity index (χ0v) is 10.8. The van der Waals surface area contributed by atoms with Crippen molar-refractivity contribution in [3.05, 3.63) is 41.9 Å². The number of anilines is 2. The van der Waals surface area contributed by atoms with Crippen molar-refractivity contribution in [2.75, 3.05) is 18.1 Å². The van der Waals surface area contributed by atoms with Crippen molar-refractivity contribution in [1.29, 1.82) is 5.41 Å². The molecule has 7 heteroatoms. The van der Waals surface area contributed by atoms with E-state index in [0.717, 1.165) is 16.5 Å². The molecule has 0 spiro atoms. The molecular weight excluding hydrogens is 254 g/mol. The lowest BCUT2D eigenvalue weighted by Crippen LogP contribution is -2.12. The average Bonchev–Trinajstić information content (AvgIpc) is 2.93. The fourth-order valence-electron chi connectivity index (χ4n) is 2.07. The molecule has 0 atom stereocenters. The van der Waals surface area contributed by atoms with Gasteiger partial charge in [-0.3, -0.25) is 10.5 Å². The van der Waals surface area contributed by atoms with Crippen LogP contribution in [0.1, 0.15) is 11.1 Å². The van der Waals surface area contributed by atoms with Crippen LogP contribution >= 0.6 is 0 Å². The number of hydrogen-bond acceptors (Lipinski definition) is 6. The summed E-state index contributed by atoms with van der Waals surface area (Å²) in [4.78, 5) is 8.05. The van der Waals surface area contributed by atoms with Crippen molar-refractivity contribution in [3.63, 3.8) is 0 Å². The molecule has 0 aliphatic heterocycles. The largest absolute Gasteiger partial charge is 0.383 e. The van der Waals surface area contributed by atoms with Crippen LogP contribution in [0.15, 0.2) is 30.7 Å². The number of benzene rings is 1. The van der Waals surface area contributed by atoms with Crippen LogP contribution in [-0.2, 0) is 0 Å². The van der Waals surface area contributed by atoms with Gasteiger partial charge in [-0.15, -0.1) is 0 Å². The van der Waals surface area contributed by atoms with Gasteiger partial charge in [0.15, 0.2) is 0 Å². The molecule has 0 aliphatic rings. The molecule has 5 N–H and O–H groups in total. The topological polar surface area (TPSA) is 116 Å². The van der Waals surface area contributed by atoms with Crippen LogP contribution in [0.25, 0.3) is 10.9 Å². The Morgan fingerprint density at radius 2 is 2.20 bits per heavy atom. The maximum absolute atomic E-state index is 8.35. The zero-order chi connectivity index (χ0) is 14.1. The first-order valence-electron chi connectivity index (χ1n) is 6.01. The number of rotatable bonds is 3. The predicted molar refractivity (Wildman–Crippen MR) is 78.0 cm³/mol. The normalized spacial score (nSPS) is 10.7. The Hall–Kier alpha value is -2.96. The van der Waals surface area contributed by atoms with Crippen molar-refractivity contribution in [3.8, 4) is 0 Å². The van der Waals surface area contributed by atoms with E-state index in [1.807, 2.05) is 18.2 Å². The van der Waals surface area contributed by atoms with Crippen molar-refractivity contribution in [1.82, 2.24) is 20.2 Å². The summed E-state index contributed by atoms with van der Waals surface area (Å²) in [5.74, 6) is 0.811.